The molecule has 1 N–H and O–H groups in total. The number of hydrogen-bond donors (Lipinski definition) is 1. The average molecular weight is 945 g/mol. The SMILES string of the molecule is COc1ccccc1-c1nccc(COc2ccccc2CC(Oc2ncnn3cc4c5ccc(F)cc5c5c(Cl)c(OCCN6CCN(C)CC6)ccc5c4c23)C(=O)NS(=O)(=O)C2CC2)n1. The Kier molecular flexibility index (Phi) is 12.2. The maximum atomic E-state index is 15.1. The second-order valence-electron chi connectivity index (χ2n) is 16.7. The smallest absolute Gasteiger partial charge is 0.274 e. The van der Waals surface area contributed by atoms with Gasteiger partial charge in [0.05, 0.1) is 28.6 Å². The highest BCUT2D eigenvalue weighted by Crippen LogP contribution is 2.45. The number of benzene rings is 5. The highest BCUT2D eigenvalue weighted by molar-refractivity contribution is 7.90. The lowest BCUT2D eigenvalue weighted by molar-refractivity contribution is -0.126. The van der Waals surface area contributed by atoms with E-state index in [1.54, 1.807) is 66.5 Å². The first kappa shape index (κ1) is 44.2. The van der Waals surface area contributed by atoms with Crippen molar-refractivity contribution in [3.05, 3.63) is 126 Å². The van der Waals surface area contributed by atoms with Gasteiger partial charge >= 0.3 is 0 Å². The fraction of sp³-hybridized carbons (Fsp3) is 0.286. The van der Waals surface area contributed by atoms with Gasteiger partial charge in [0.25, 0.3) is 5.91 Å². The van der Waals surface area contributed by atoms with Crippen LogP contribution in [0.25, 0.3) is 49.2 Å². The van der Waals surface area contributed by atoms with Crippen molar-refractivity contribution in [2.45, 2.75) is 37.2 Å². The number of piperazine rings is 1. The number of ether oxygens (including phenoxy) is 4. The third-order valence-electron chi connectivity index (χ3n) is 12.3. The van der Waals surface area contributed by atoms with Crippen molar-refractivity contribution in [2.75, 3.05) is 53.5 Å². The molecule has 4 heterocycles. The van der Waals surface area contributed by atoms with Crippen LogP contribution in [0.4, 0.5) is 4.39 Å². The number of nitrogens with one attached hydrogen (secondary N) is 1. The van der Waals surface area contributed by atoms with Crippen molar-refractivity contribution >= 4 is 65.4 Å². The van der Waals surface area contributed by atoms with E-state index in [4.69, 9.17) is 35.5 Å². The van der Waals surface area contributed by atoms with Crippen molar-refractivity contribution in [1.29, 1.82) is 0 Å². The number of halogens is 2. The summed E-state index contributed by atoms with van der Waals surface area (Å²) >= 11 is 7.24. The Morgan fingerprint density at radius 2 is 1.66 bits per heavy atom. The molecule has 1 saturated heterocycles. The summed E-state index contributed by atoms with van der Waals surface area (Å²) in [6.07, 6.45) is 4.08. The minimum Gasteiger partial charge on any atom is -0.496 e. The minimum absolute atomic E-state index is 0.00334. The van der Waals surface area contributed by atoms with Gasteiger partial charge in [-0.05, 0) is 90.1 Å². The van der Waals surface area contributed by atoms with Gasteiger partial charge in [0, 0.05) is 67.7 Å². The fourth-order valence-corrected chi connectivity index (χ4v) is 10.2. The average Bonchev–Trinajstić information content (AvgIpc) is 4.13. The Morgan fingerprint density at radius 1 is 0.881 bits per heavy atom. The van der Waals surface area contributed by atoms with Crippen LogP contribution in [-0.2, 0) is 27.8 Å². The summed E-state index contributed by atoms with van der Waals surface area (Å²) in [6, 6.07) is 24.5. The molecular formula is C49H46ClFN8O7S. The molecule has 1 unspecified atom stereocenters. The molecule has 1 aliphatic carbocycles. The van der Waals surface area contributed by atoms with E-state index in [0.717, 1.165) is 38.3 Å². The summed E-state index contributed by atoms with van der Waals surface area (Å²) in [5, 5.41) is 7.93. The number of fused-ring (bicyclic) bond motifs is 8. The number of carbonyl (C=O) groups is 1. The molecule has 10 rings (SSSR count). The van der Waals surface area contributed by atoms with Gasteiger partial charge in [-0.25, -0.2) is 32.0 Å². The van der Waals surface area contributed by atoms with Crippen molar-refractivity contribution in [3.63, 3.8) is 0 Å². The van der Waals surface area contributed by atoms with Crippen molar-refractivity contribution in [1.82, 2.24) is 39.1 Å². The standard InChI is InChI=1S/C49H46ClFN8O7S/c1-57-19-21-58(22-20-57)23-24-64-41-16-15-36-43(45(41)50)37-26-31(51)11-14-34(37)38-27-59-46(44(36)38)49(53-29-54-59)66-42(48(60)56-67(61,62)33-12-13-33)25-30-7-3-5-9-39(30)65-28-32-17-18-52-47(55-32)35-8-4-6-10-40(35)63-2/h3-11,14-18,26-27,29,33,42H,12-13,19-25,28H2,1-2H3,(H,56,60). The maximum Gasteiger partial charge on any atom is 0.274 e. The van der Waals surface area contributed by atoms with E-state index in [-0.39, 0.29) is 18.9 Å². The number of aromatic nitrogens is 5. The quantitative estimate of drug-likeness (QED) is 0.0966. The van der Waals surface area contributed by atoms with E-state index in [1.807, 2.05) is 30.3 Å². The van der Waals surface area contributed by atoms with Crippen LogP contribution in [0.1, 0.15) is 24.1 Å². The molecule has 1 aliphatic heterocycles. The number of rotatable bonds is 16. The van der Waals surface area contributed by atoms with E-state index in [1.165, 1.54) is 18.5 Å². The Bertz CT molecular complexity index is 3290. The van der Waals surface area contributed by atoms with E-state index in [0.29, 0.717) is 96.6 Å². The first-order chi connectivity index (χ1) is 32.5. The maximum absolute atomic E-state index is 15.1. The summed E-state index contributed by atoms with van der Waals surface area (Å²) in [4.78, 5) is 32.6. The molecule has 2 fully saturated rings. The van der Waals surface area contributed by atoms with Crippen LogP contribution < -0.4 is 23.7 Å². The van der Waals surface area contributed by atoms with Crippen molar-refractivity contribution in [3.8, 4) is 34.5 Å². The third-order valence-corrected chi connectivity index (χ3v) is 14.5. The van der Waals surface area contributed by atoms with Gasteiger partial charge in [0.1, 0.15) is 48.1 Å². The second-order valence-corrected chi connectivity index (χ2v) is 19.1. The monoisotopic (exact) mass is 944 g/mol. The molecule has 67 heavy (non-hydrogen) atoms. The number of sulfonamides is 1. The Hall–Kier alpha value is -6.66. The van der Waals surface area contributed by atoms with Crippen LogP contribution in [0.2, 0.25) is 5.02 Å². The molecule has 0 bridgehead atoms. The summed E-state index contributed by atoms with van der Waals surface area (Å²) < 4.78 is 70.2. The number of nitrogens with zero attached hydrogens (tertiary/aromatic N) is 7. The third kappa shape index (κ3) is 9.11. The summed E-state index contributed by atoms with van der Waals surface area (Å²) in [7, 11) is -0.290. The summed E-state index contributed by atoms with van der Waals surface area (Å²) in [6.45, 7) is 5.03. The van der Waals surface area contributed by atoms with Gasteiger partial charge in [-0.1, -0.05) is 48.0 Å². The molecule has 5 aromatic carbocycles. The molecule has 15 nitrogen and oxygen atoms in total. The molecule has 0 radical (unpaired) electrons. The van der Waals surface area contributed by atoms with Gasteiger partial charge in [-0.3, -0.25) is 9.69 Å². The lowest BCUT2D eigenvalue weighted by Crippen LogP contribution is -2.45. The molecule has 18 heteroatoms. The number of para-hydroxylation sites is 2. The van der Waals surface area contributed by atoms with Gasteiger partial charge in [-0.2, -0.15) is 10.1 Å². The highest BCUT2D eigenvalue weighted by atomic mass is 35.5. The van der Waals surface area contributed by atoms with Crippen LogP contribution >= 0.6 is 11.6 Å². The number of amides is 1. The molecule has 8 aromatic rings. The predicted octanol–water partition coefficient (Wildman–Crippen LogP) is 7.25. The fourth-order valence-electron chi connectivity index (χ4n) is 8.59. The normalized spacial score (nSPS) is 15.3. The lowest BCUT2D eigenvalue weighted by atomic mass is 9.95. The van der Waals surface area contributed by atoms with Crippen molar-refractivity contribution < 1.29 is 36.6 Å². The van der Waals surface area contributed by atoms with E-state index >= 15 is 4.39 Å². The van der Waals surface area contributed by atoms with E-state index < -0.39 is 33.1 Å². The minimum atomic E-state index is -3.99. The Labute approximate surface area is 390 Å². The zero-order chi connectivity index (χ0) is 46.2. The molecule has 1 saturated carbocycles. The van der Waals surface area contributed by atoms with Crippen LogP contribution in [-0.4, -0.2) is 114 Å². The molecule has 344 valence electrons. The van der Waals surface area contributed by atoms with Gasteiger partial charge in [-0.15, -0.1) is 0 Å². The molecule has 3 aromatic heterocycles. The first-order valence-electron chi connectivity index (χ1n) is 22.0. The number of likely N-dealkylation sites (N-methyl/N-ethyl adjacent to an activating group) is 1. The molecule has 1 amide bonds. The zero-order valence-electron chi connectivity index (χ0n) is 36.7. The molecule has 0 spiro atoms. The van der Waals surface area contributed by atoms with Crippen LogP contribution in [0.5, 0.6) is 23.1 Å². The molecular weight excluding hydrogens is 899 g/mol. The van der Waals surface area contributed by atoms with Crippen LogP contribution in [0.15, 0.2) is 104 Å². The topological polar surface area (TPSA) is 163 Å². The largest absolute Gasteiger partial charge is 0.496 e. The summed E-state index contributed by atoms with van der Waals surface area (Å²) in [5.74, 6) is 0.655. The van der Waals surface area contributed by atoms with E-state index in [2.05, 4.69) is 36.6 Å². The Morgan fingerprint density at radius 3 is 2.46 bits per heavy atom. The number of methoxy groups -OCH3 is 1. The highest BCUT2D eigenvalue weighted by Gasteiger charge is 2.39. The molecule has 1 atom stereocenters. The van der Waals surface area contributed by atoms with Crippen LogP contribution in [0, 0.1) is 5.82 Å². The van der Waals surface area contributed by atoms with Gasteiger partial charge in [0.15, 0.2) is 11.9 Å². The summed E-state index contributed by atoms with van der Waals surface area (Å²) in [5.41, 5.74) is 2.25. The Balaban J connectivity index is 1.00. The van der Waals surface area contributed by atoms with Gasteiger partial charge in [0.2, 0.25) is 15.9 Å². The van der Waals surface area contributed by atoms with Crippen molar-refractivity contribution in [2.24, 2.45) is 0 Å². The van der Waals surface area contributed by atoms with Gasteiger partial charge < -0.3 is 23.8 Å². The zero-order valence-corrected chi connectivity index (χ0v) is 38.3. The number of hydrogen-bond acceptors (Lipinski definition) is 13. The predicted molar refractivity (Wildman–Crippen MR) is 253 cm³/mol. The van der Waals surface area contributed by atoms with E-state index in [9.17, 15) is 13.2 Å². The molecule has 2 aliphatic rings. The lowest BCUT2D eigenvalue weighted by Gasteiger charge is -2.32. The number of carbonyl (C=O) groups excluding carboxylic acids is 1. The first-order valence-corrected chi connectivity index (χ1v) is 23.9. The second kappa shape index (κ2) is 18.6. The van der Waals surface area contributed by atoms with Crippen LogP contribution in [0.3, 0.4) is 0 Å².